The molecule has 0 saturated carbocycles. The molecule has 3 aromatic carbocycles. The number of piperazine rings is 1. The van der Waals surface area contributed by atoms with Crippen LogP contribution in [0.2, 0.25) is 0 Å². The lowest BCUT2D eigenvalue weighted by molar-refractivity contribution is -0.384. The Kier molecular flexibility index (Phi) is 6.70. The Morgan fingerprint density at radius 2 is 1.57 bits per heavy atom. The number of anilines is 2. The summed E-state index contributed by atoms with van der Waals surface area (Å²) in [5.41, 5.74) is 1.83. The Hall–Kier alpha value is -3.81. The van der Waals surface area contributed by atoms with Crippen LogP contribution in [0.5, 0.6) is 5.75 Å². The third kappa shape index (κ3) is 5.16. The van der Waals surface area contributed by atoms with Crippen LogP contribution in [0.1, 0.15) is 19.3 Å². The number of hydrogen-bond donors (Lipinski definition) is 0. The van der Waals surface area contributed by atoms with Crippen LogP contribution >= 0.6 is 0 Å². The Balaban J connectivity index is 1.19. The molecule has 35 heavy (non-hydrogen) atoms. The molecule has 0 N–H and O–H groups in total. The normalized spacial score (nSPS) is 16.4. The first-order chi connectivity index (χ1) is 17.1. The van der Waals surface area contributed by atoms with Gasteiger partial charge in [0.15, 0.2) is 6.61 Å². The highest BCUT2D eigenvalue weighted by Gasteiger charge is 2.25. The second kappa shape index (κ2) is 10.2. The fourth-order valence-electron chi connectivity index (χ4n) is 4.96. The summed E-state index contributed by atoms with van der Waals surface area (Å²) >= 11 is 0. The van der Waals surface area contributed by atoms with Crippen LogP contribution in [0, 0.1) is 10.1 Å². The molecule has 0 bridgehead atoms. The zero-order chi connectivity index (χ0) is 24.2. The minimum absolute atomic E-state index is 0.00891. The molecular weight excluding hydrogens is 444 g/mol. The number of benzene rings is 3. The van der Waals surface area contributed by atoms with E-state index in [9.17, 15) is 14.9 Å². The van der Waals surface area contributed by atoms with E-state index in [2.05, 4.69) is 9.80 Å². The second-order valence-electron chi connectivity index (χ2n) is 9.14. The molecular formula is C27H30N4O4. The molecule has 0 atom stereocenters. The number of ether oxygens (including phenoxy) is 1. The summed E-state index contributed by atoms with van der Waals surface area (Å²) in [6.07, 6.45) is 3.29. The molecule has 8 nitrogen and oxygen atoms in total. The number of carbonyl (C=O) groups excluding carboxylic acids is 1. The molecule has 1 amide bonds. The second-order valence-corrected chi connectivity index (χ2v) is 9.14. The fraction of sp³-hybridized carbons (Fsp3) is 0.370. The highest BCUT2D eigenvalue weighted by atomic mass is 16.6. The summed E-state index contributed by atoms with van der Waals surface area (Å²) in [4.78, 5) is 30.2. The molecule has 0 unspecified atom stereocenters. The van der Waals surface area contributed by atoms with Crippen LogP contribution in [0.15, 0.2) is 60.7 Å². The van der Waals surface area contributed by atoms with Crippen molar-refractivity contribution in [1.82, 2.24) is 4.90 Å². The largest absolute Gasteiger partial charge is 0.484 e. The van der Waals surface area contributed by atoms with E-state index in [1.54, 1.807) is 6.07 Å². The Bertz CT molecular complexity index is 1220. The molecule has 3 aromatic rings. The maximum Gasteiger partial charge on any atom is 0.292 e. The molecule has 0 radical (unpaired) electrons. The number of nitrogens with zero attached hydrogens (tertiary/aromatic N) is 4. The van der Waals surface area contributed by atoms with E-state index in [0.29, 0.717) is 37.6 Å². The van der Waals surface area contributed by atoms with E-state index in [4.69, 9.17) is 4.74 Å². The monoisotopic (exact) mass is 474 g/mol. The molecule has 2 saturated heterocycles. The third-order valence-electron chi connectivity index (χ3n) is 6.93. The topological polar surface area (TPSA) is 79.2 Å². The van der Waals surface area contributed by atoms with E-state index < -0.39 is 0 Å². The Morgan fingerprint density at radius 3 is 2.31 bits per heavy atom. The third-order valence-corrected chi connectivity index (χ3v) is 6.93. The summed E-state index contributed by atoms with van der Waals surface area (Å²) in [5.74, 6) is 0.655. The maximum atomic E-state index is 12.8. The molecule has 2 heterocycles. The van der Waals surface area contributed by atoms with Crippen molar-refractivity contribution in [2.24, 2.45) is 0 Å². The molecule has 2 aliphatic heterocycles. The molecule has 0 spiro atoms. The van der Waals surface area contributed by atoms with Crippen LogP contribution in [0.3, 0.4) is 0 Å². The number of amides is 1. The van der Waals surface area contributed by atoms with Crippen molar-refractivity contribution in [2.75, 3.05) is 55.7 Å². The van der Waals surface area contributed by atoms with Gasteiger partial charge in [-0.2, -0.15) is 0 Å². The molecule has 2 fully saturated rings. The maximum absolute atomic E-state index is 12.8. The van der Waals surface area contributed by atoms with Gasteiger partial charge in [-0.25, -0.2) is 0 Å². The summed E-state index contributed by atoms with van der Waals surface area (Å²) in [6, 6.07) is 19.3. The first-order valence-electron chi connectivity index (χ1n) is 12.3. The first kappa shape index (κ1) is 23.0. The smallest absolute Gasteiger partial charge is 0.292 e. The zero-order valence-electron chi connectivity index (χ0n) is 19.8. The molecule has 0 aliphatic carbocycles. The van der Waals surface area contributed by atoms with E-state index in [0.717, 1.165) is 42.4 Å². The van der Waals surface area contributed by atoms with Gasteiger partial charge < -0.3 is 19.4 Å². The SMILES string of the molecule is O=C(COc1ccc2ccccc2c1)N1CCN(c2ccc([N+](=O)[O-])c(N3CCCCC3)c2)CC1. The number of carbonyl (C=O) groups is 1. The van der Waals surface area contributed by atoms with Crippen molar-refractivity contribution >= 4 is 33.7 Å². The zero-order valence-corrected chi connectivity index (χ0v) is 19.8. The van der Waals surface area contributed by atoms with Crippen molar-refractivity contribution < 1.29 is 14.5 Å². The van der Waals surface area contributed by atoms with Crippen LogP contribution in [0.25, 0.3) is 10.8 Å². The average Bonchev–Trinajstić information content (AvgIpc) is 2.91. The minimum Gasteiger partial charge on any atom is -0.484 e. The highest BCUT2D eigenvalue weighted by Crippen LogP contribution is 2.34. The predicted molar refractivity (Wildman–Crippen MR) is 137 cm³/mol. The summed E-state index contributed by atoms with van der Waals surface area (Å²) in [5, 5.41) is 13.8. The quantitative estimate of drug-likeness (QED) is 0.388. The fourth-order valence-corrected chi connectivity index (χ4v) is 4.96. The lowest BCUT2D eigenvalue weighted by atomic mass is 10.1. The van der Waals surface area contributed by atoms with Crippen LogP contribution in [-0.2, 0) is 4.79 Å². The van der Waals surface area contributed by atoms with Gasteiger partial charge in [0.05, 0.1) is 4.92 Å². The average molecular weight is 475 g/mol. The van der Waals surface area contributed by atoms with Gasteiger partial charge in [-0.05, 0) is 54.3 Å². The summed E-state index contributed by atoms with van der Waals surface area (Å²) in [7, 11) is 0. The molecule has 0 aromatic heterocycles. The molecule has 182 valence electrons. The van der Waals surface area contributed by atoms with Gasteiger partial charge in [-0.3, -0.25) is 14.9 Å². The van der Waals surface area contributed by atoms with Crippen molar-refractivity contribution in [2.45, 2.75) is 19.3 Å². The highest BCUT2D eigenvalue weighted by molar-refractivity contribution is 5.84. The predicted octanol–water partition coefficient (Wildman–Crippen LogP) is 4.47. The Morgan fingerprint density at radius 1 is 0.829 bits per heavy atom. The summed E-state index contributed by atoms with van der Waals surface area (Å²) < 4.78 is 5.78. The van der Waals surface area contributed by atoms with Gasteiger partial charge in [0.1, 0.15) is 11.4 Å². The van der Waals surface area contributed by atoms with Gasteiger partial charge in [0, 0.05) is 51.0 Å². The number of piperidine rings is 1. The first-order valence-corrected chi connectivity index (χ1v) is 12.3. The van der Waals surface area contributed by atoms with Gasteiger partial charge in [0.25, 0.3) is 11.6 Å². The van der Waals surface area contributed by atoms with Crippen molar-refractivity contribution in [3.8, 4) is 5.75 Å². The molecule has 8 heteroatoms. The molecule has 2 aliphatic rings. The summed E-state index contributed by atoms with van der Waals surface area (Å²) in [6.45, 7) is 4.26. The minimum atomic E-state index is -0.292. The number of nitro groups is 1. The number of fused-ring (bicyclic) bond motifs is 1. The van der Waals surface area contributed by atoms with E-state index in [-0.39, 0.29) is 23.1 Å². The number of hydrogen-bond acceptors (Lipinski definition) is 6. The lowest BCUT2D eigenvalue weighted by Crippen LogP contribution is -2.50. The van der Waals surface area contributed by atoms with Gasteiger partial charge in [-0.1, -0.05) is 30.3 Å². The van der Waals surface area contributed by atoms with Crippen molar-refractivity contribution in [3.63, 3.8) is 0 Å². The van der Waals surface area contributed by atoms with Crippen LogP contribution in [0.4, 0.5) is 17.1 Å². The van der Waals surface area contributed by atoms with E-state index >= 15 is 0 Å². The lowest BCUT2D eigenvalue weighted by Gasteiger charge is -2.36. The van der Waals surface area contributed by atoms with E-state index in [1.165, 1.54) is 6.42 Å². The van der Waals surface area contributed by atoms with Crippen LogP contribution < -0.4 is 14.5 Å². The van der Waals surface area contributed by atoms with E-state index in [1.807, 2.05) is 59.5 Å². The van der Waals surface area contributed by atoms with Crippen molar-refractivity contribution in [1.29, 1.82) is 0 Å². The number of nitro benzene ring substituents is 1. The Labute approximate surface area is 204 Å². The molecule has 5 rings (SSSR count). The number of rotatable bonds is 6. The standard InChI is InChI=1S/C27H30N4O4/c32-27(20-35-24-10-8-21-6-2-3-7-22(21)18-24)30-16-14-28(15-17-30)23-9-11-25(31(33)34)26(19-23)29-12-4-1-5-13-29/h2-3,6-11,18-19H,1,4-5,12-17,20H2. The van der Waals surface area contributed by atoms with Gasteiger partial charge >= 0.3 is 0 Å². The van der Waals surface area contributed by atoms with Gasteiger partial charge in [-0.15, -0.1) is 0 Å². The van der Waals surface area contributed by atoms with Crippen LogP contribution in [-0.4, -0.2) is 61.6 Å². The van der Waals surface area contributed by atoms with Crippen molar-refractivity contribution in [3.05, 3.63) is 70.8 Å². The van der Waals surface area contributed by atoms with Gasteiger partial charge in [0.2, 0.25) is 0 Å².